The summed E-state index contributed by atoms with van der Waals surface area (Å²) in [4.78, 5) is 4.39. The van der Waals surface area contributed by atoms with Gasteiger partial charge in [0.15, 0.2) is 0 Å². The molecular weight excluding hydrogens is 350 g/mol. The summed E-state index contributed by atoms with van der Waals surface area (Å²) in [6.45, 7) is 0. The highest BCUT2D eigenvalue weighted by molar-refractivity contribution is 6.30. The lowest BCUT2D eigenvalue weighted by Crippen LogP contribution is -2.01. The topological polar surface area (TPSA) is 81.2 Å². The quantitative estimate of drug-likeness (QED) is 0.734. The number of nitriles is 1. The van der Waals surface area contributed by atoms with Gasteiger partial charge in [-0.25, -0.2) is 4.98 Å². The maximum absolute atomic E-state index is 9.53. The number of halogens is 1. The Morgan fingerprint density at radius 3 is 2.50 bits per heavy atom. The SMILES string of the molecule is COc1ccc(OC)c(-c2cc(-c3cccc(Cl)c3)c(C#N)c(N)n2)c1. The maximum atomic E-state index is 9.53. The Kier molecular flexibility index (Phi) is 4.97. The van der Waals surface area contributed by atoms with Crippen LogP contribution in [0.1, 0.15) is 5.56 Å². The molecule has 0 aliphatic heterocycles. The number of hydrogen-bond donors (Lipinski definition) is 1. The number of nitrogen functional groups attached to an aromatic ring is 1. The van der Waals surface area contributed by atoms with Gasteiger partial charge < -0.3 is 15.2 Å². The Balaban J connectivity index is 2.27. The molecule has 0 radical (unpaired) electrons. The smallest absolute Gasteiger partial charge is 0.142 e. The second kappa shape index (κ2) is 7.34. The van der Waals surface area contributed by atoms with Crippen molar-refractivity contribution < 1.29 is 9.47 Å². The minimum Gasteiger partial charge on any atom is -0.497 e. The number of rotatable bonds is 4. The van der Waals surface area contributed by atoms with Gasteiger partial charge in [-0.2, -0.15) is 5.26 Å². The average Bonchev–Trinajstić information content (AvgIpc) is 2.66. The van der Waals surface area contributed by atoms with Crippen LogP contribution < -0.4 is 15.2 Å². The van der Waals surface area contributed by atoms with Crippen LogP contribution in [-0.2, 0) is 0 Å². The van der Waals surface area contributed by atoms with Crippen molar-refractivity contribution in [1.82, 2.24) is 4.98 Å². The van der Waals surface area contributed by atoms with E-state index in [1.54, 1.807) is 44.6 Å². The normalized spacial score (nSPS) is 10.2. The summed E-state index contributed by atoms with van der Waals surface area (Å²) in [5, 5.41) is 10.1. The zero-order chi connectivity index (χ0) is 18.7. The lowest BCUT2D eigenvalue weighted by Gasteiger charge is -2.13. The molecule has 0 atom stereocenters. The first kappa shape index (κ1) is 17.6. The average molecular weight is 366 g/mol. The van der Waals surface area contributed by atoms with E-state index >= 15 is 0 Å². The third kappa shape index (κ3) is 3.28. The van der Waals surface area contributed by atoms with Crippen molar-refractivity contribution in [3.05, 3.63) is 59.1 Å². The van der Waals surface area contributed by atoms with Crippen LogP contribution in [0.15, 0.2) is 48.5 Å². The monoisotopic (exact) mass is 365 g/mol. The molecule has 5 nitrogen and oxygen atoms in total. The van der Waals surface area contributed by atoms with Crippen LogP contribution in [0.5, 0.6) is 11.5 Å². The van der Waals surface area contributed by atoms with Crippen LogP contribution in [0.25, 0.3) is 22.4 Å². The number of pyridine rings is 1. The van der Waals surface area contributed by atoms with Gasteiger partial charge in [-0.3, -0.25) is 0 Å². The van der Waals surface area contributed by atoms with Crippen molar-refractivity contribution in [2.75, 3.05) is 20.0 Å². The lowest BCUT2D eigenvalue weighted by atomic mass is 9.98. The molecule has 1 aromatic heterocycles. The number of ether oxygens (including phenoxy) is 2. The molecule has 0 aliphatic rings. The first-order valence-corrected chi connectivity index (χ1v) is 8.14. The molecule has 0 spiro atoms. The third-order valence-electron chi connectivity index (χ3n) is 3.98. The van der Waals surface area contributed by atoms with Gasteiger partial charge in [-0.05, 0) is 42.0 Å². The molecule has 6 heteroatoms. The summed E-state index contributed by atoms with van der Waals surface area (Å²) in [6.07, 6.45) is 0. The Morgan fingerprint density at radius 1 is 1.04 bits per heavy atom. The largest absolute Gasteiger partial charge is 0.497 e. The van der Waals surface area contributed by atoms with E-state index in [1.807, 2.05) is 18.2 Å². The molecule has 0 amide bonds. The summed E-state index contributed by atoms with van der Waals surface area (Å²) in [5.74, 6) is 1.43. The standard InChI is InChI=1S/C20H16ClN3O2/c1-25-14-6-7-19(26-2)16(9-14)18-10-15(17(11-22)20(23)24-18)12-4-3-5-13(21)8-12/h3-10H,1-2H3,(H2,23,24). The summed E-state index contributed by atoms with van der Waals surface area (Å²) in [5.41, 5.74) is 9.10. The van der Waals surface area contributed by atoms with Crippen molar-refractivity contribution in [1.29, 1.82) is 5.26 Å². The fourth-order valence-electron chi connectivity index (χ4n) is 2.72. The van der Waals surface area contributed by atoms with E-state index in [9.17, 15) is 5.26 Å². The molecule has 0 saturated carbocycles. The molecule has 0 unspecified atom stereocenters. The number of benzene rings is 2. The second-order valence-electron chi connectivity index (χ2n) is 5.50. The minimum atomic E-state index is 0.143. The maximum Gasteiger partial charge on any atom is 0.142 e. The van der Waals surface area contributed by atoms with Crippen molar-refractivity contribution in [2.24, 2.45) is 0 Å². The highest BCUT2D eigenvalue weighted by Gasteiger charge is 2.16. The van der Waals surface area contributed by atoms with Crippen molar-refractivity contribution in [2.45, 2.75) is 0 Å². The van der Waals surface area contributed by atoms with Crippen LogP contribution in [0.3, 0.4) is 0 Å². The van der Waals surface area contributed by atoms with Gasteiger partial charge in [0.05, 0.1) is 19.9 Å². The van der Waals surface area contributed by atoms with E-state index in [1.165, 1.54) is 0 Å². The third-order valence-corrected chi connectivity index (χ3v) is 4.21. The van der Waals surface area contributed by atoms with Gasteiger partial charge in [0.2, 0.25) is 0 Å². The van der Waals surface area contributed by atoms with E-state index in [4.69, 9.17) is 26.8 Å². The van der Waals surface area contributed by atoms with E-state index in [0.29, 0.717) is 38.9 Å². The highest BCUT2D eigenvalue weighted by Crippen LogP contribution is 2.37. The van der Waals surface area contributed by atoms with Crippen LogP contribution in [0, 0.1) is 11.3 Å². The van der Waals surface area contributed by atoms with E-state index in [0.717, 1.165) is 5.56 Å². The van der Waals surface area contributed by atoms with Crippen LogP contribution in [-0.4, -0.2) is 19.2 Å². The molecule has 26 heavy (non-hydrogen) atoms. The number of nitrogens with two attached hydrogens (primary N) is 1. The molecule has 2 N–H and O–H groups in total. The van der Waals surface area contributed by atoms with Crippen molar-refractivity contribution >= 4 is 17.4 Å². The summed E-state index contributed by atoms with van der Waals surface area (Å²) >= 11 is 6.11. The van der Waals surface area contributed by atoms with E-state index in [-0.39, 0.29) is 5.82 Å². The van der Waals surface area contributed by atoms with E-state index in [2.05, 4.69) is 11.1 Å². The Bertz CT molecular complexity index is 1010. The zero-order valence-corrected chi connectivity index (χ0v) is 15.0. The molecule has 0 bridgehead atoms. The van der Waals surface area contributed by atoms with Gasteiger partial charge >= 0.3 is 0 Å². The molecule has 2 aromatic carbocycles. The Hall–Kier alpha value is -3.23. The number of anilines is 1. The molecular formula is C20H16ClN3O2. The van der Waals surface area contributed by atoms with Gasteiger partial charge in [-0.1, -0.05) is 23.7 Å². The molecule has 130 valence electrons. The molecule has 1 heterocycles. The predicted octanol–water partition coefficient (Wildman–Crippen LogP) is 4.54. The summed E-state index contributed by atoms with van der Waals surface area (Å²) in [7, 11) is 3.17. The molecule has 3 aromatic rings. The van der Waals surface area contributed by atoms with Gasteiger partial charge in [0.1, 0.15) is 28.9 Å². The highest BCUT2D eigenvalue weighted by atomic mass is 35.5. The molecule has 0 fully saturated rings. The molecule has 3 rings (SSSR count). The number of methoxy groups -OCH3 is 2. The minimum absolute atomic E-state index is 0.143. The first-order valence-electron chi connectivity index (χ1n) is 7.76. The van der Waals surface area contributed by atoms with Crippen LogP contribution in [0.2, 0.25) is 5.02 Å². The Morgan fingerprint density at radius 2 is 1.85 bits per heavy atom. The van der Waals surface area contributed by atoms with Crippen molar-refractivity contribution in [3.63, 3.8) is 0 Å². The van der Waals surface area contributed by atoms with Gasteiger partial charge in [-0.15, -0.1) is 0 Å². The number of hydrogen-bond acceptors (Lipinski definition) is 5. The van der Waals surface area contributed by atoms with Gasteiger partial charge in [0.25, 0.3) is 0 Å². The molecule has 0 saturated heterocycles. The van der Waals surface area contributed by atoms with Gasteiger partial charge in [0, 0.05) is 16.1 Å². The predicted molar refractivity (Wildman–Crippen MR) is 102 cm³/mol. The lowest BCUT2D eigenvalue weighted by molar-refractivity contribution is 0.404. The summed E-state index contributed by atoms with van der Waals surface area (Å²) in [6, 6.07) is 16.6. The van der Waals surface area contributed by atoms with Crippen LogP contribution >= 0.6 is 11.6 Å². The summed E-state index contributed by atoms with van der Waals surface area (Å²) < 4.78 is 10.7. The van der Waals surface area contributed by atoms with Crippen molar-refractivity contribution in [3.8, 4) is 40.0 Å². The molecule has 0 aliphatic carbocycles. The van der Waals surface area contributed by atoms with Crippen LogP contribution in [0.4, 0.5) is 5.82 Å². The fraction of sp³-hybridized carbons (Fsp3) is 0.100. The Labute approximate surface area is 156 Å². The number of aromatic nitrogens is 1. The first-order chi connectivity index (χ1) is 12.6. The zero-order valence-electron chi connectivity index (χ0n) is 14.3. The second-order valence-corrected chi connectivity index (χ2v) is 5.94. The van der Waals surface area contributed by atoms with E-state index < -0.39 is 0 Å². The fourth-order valence-corrected chi connectivity index (χ4v) is 2.91. The number of nitrogens with zero attached hydrogens (tertiary/aromatic N) is 2.